The molecule has 0 aliphatic rings. The van der Waals surface area contributed by atoms with Crippen LogP contribution in [0.15, 0.2) is 158 Å². The molecule has 0 aliphatic heterocycles. The van der Waals surface area contributed by atoms with Crippen molar-refractivity contribution in [3.05, 3.63) is 158 Å². The van der Waals surface area contributed by atoms with E-state index in [1.54, 1.807) is 0 Å². The second-order valence-corrected chi connectivity index (χ2v) is 14.1. The highest BCUT2D eigenvalue weighted by Gasteiger charge is 2.19. The third-order valence-electron chi connectivity index (χ3n) is 9.49. The van der Waals surface area contributed by atoms with E-state index in [1.165, 1.54) is 95.3 Å². The Labute approximate surface area is 274 Å². The average molecular weight is 619 g/mol. The number of rotatable bonds is 3. The van der Waals surface area contributed by atoms with Gasteiger partial charge in [-0.15, -0.1) is 22.7 Å². The smallest absolute Gasteiger partial charge is 0.0434 e. The van der Waals surface area contributed by atoms with E-state index in [-0.39, 0.29) is 0 Å². The Morgan fingerprint density at radius 3 is 1.22 bits per heavy atom. The maximum atomic E-state index is 2.47. The third-order valence-corrected chi connectivity index (χ3v) is 11.9. The fourth-order valence-electron chi connectivity index (χ4n) is 7.47. The molecule has 0 amide bonds. The van der Waals surface area contributed by atoms with Crippen molar-refractivity contribution in [2.75, 3.05) is 0 Å². The van der Waals surface area contributed by atoms with Crippen LogP contribution >= 0.6 is 22.7 Å². The van der Waals surface area contributed by atoms with Crippen LogP contribution in [0.3, 0.4) is 0 Å². The summed E-state index contributed by atoms with van der Waals surface area (Å²) in [6, 6.07) is 58.3. The van der Waals surface area contributed by atoms with Gasteiger partial charge in [-0.3, -0.25) is 0 Å². The molecule has 0 nitrogen and oxygen atoms in total. The van der Waals surface area contributed by atoms with Gasteiger partial charge in [-0.05, 0) is 62.0 Å². The first-order valence-electron chi connectivity index (χ1n) is 15.7. The van der Waals surface area contributed by atoms with Crippen LogP contribution in [0.5, 0.6) is 0 Å². The van der Waals surface area contributed by atoms with E-state index in [4.69, 9.17) is 0 Å². The molecule has 8 aromatic carbocycles. The van der Waals surface area contributed by atoms with Crippen molar-refractivity contribution in [2.45, 2.75) is 0 Å². The van der Waals surface area contributed by atoms with Gasteiger partial charge in [0.2, 0.25) is 0 Å². The van der Waals surface area contributed by atoms with Crippen LogP contribution in [0.2, 0.25) is 0 Å². The fraction of sp³-hybridized carbons (Fsp3) is 0. The molecule has 0 saturated heterocycles. The molecule has 10 rings (SSSR count). The standard InChI is InChI=1S/C44H26S2/c1-2-12-27(13-3-1)42-32-18-8-16-28(34-20-10-22-36-30-14-4-6-24-40(30)45-43(34)36)38(32)26-39-29(17-9-19-33(39)42)35-21-11-23-37-31-15-5-7-25-41(31)46-44(35)37/h1-26H. The van der Waals surface area contributed by atoms with E-state index in [2.05, 4.69) is 158 Å². The zero-order valence-corrected chi connectivity index (χ0v) is 26.5. The molecule has 2 aromatic heterocycles. The van der Waals surface area contributed by atoms with Gasteiger partial charge in [0.1, 0.15) is 0 Å². The second-order valence-electron chi connectivity index (χ2n) is 12.0. The van der Waals surface area contributed by atoms with Crippen LogP contribution < -0.4 is 0 Å². The lowest BCUT2D eigenvalue weighted by Crippen LogP contribution is -1.90. The number of benzene rings is 8. The SMILES string of the molecule is c1ccc(-c2c3cccc(-c4cccc5c4sc4ccccc45)c3cc3c(-c4cccc5c4sc4ccccc45)cccc23)cc1. The quantitative estimate of drug-likeness (QED) is 0.173. The van der Waals surface area contributed by atoms with Crippen molar-refractivity contribution in [3.8, 4) is 33.4 Å². The van der Waals surface area contributed by atoms with Crippen molar-refractivity contribution in [2.24, 2.45) is 0 Å². The Balaban J connectivity index is 1.34. The van der Waals surface area contributed by atoms with Gasteiger partial charge in [0.05, 0.1) is 0 Å². The minimum atomic E-state index is 1.24. The number of hydrogen-bond acceptors (Lipinski definition) is 2. The van der Waals surface area contributed by atoms with Crippen molar-refractivity contribution in [3.63, 3.8) is 0 Å². The highest BCUT2D eigenvalue weighted by atomic mass is 32.1. The predicted octanol–water partition coefficient (Wildman–Crippen LogP) is 13.7. The topological polar surface area (TPSA) is 0 Å². The van der Waals surface area contributed by atoms with Gasteiger partial charge in [-0.1, -0.05) is 140 Å². The molecule has 2 heterocycles. The summed E-state index contributed by atoms with van der Waals surface area (Å²) in [5.74, 6) is 0. The van der Waals surface area contributed by atoms with Crippen LogP contribution in [0.4, 0.5) is 0 Å². The molecule has 214 valence electrons. The summed E-state index contributed by atoms with van der Waals surface area (Å²) in [6.07, 6.45) is 0. The molecular weight excluding hydrogens is 593 g/mol. The molecule has 0 N–H and O–H groups in total. The van der Waals surface area contributed by atoms with Crippen LogP contribution in [-0.2, 0) is 0 Å². The van der Waals surface area contributed by atoms with E-state index < -0.39 is 0 Å². The predicted molar refractivity (Wildman–Crippen MR) is 204 cm³/mol. The Kier molecular flexibility index (Phi) is 5.72. The van der Waals surface area contributed by atoms with Crippen molar-refractivity contribution in [1.82, 2.24) is 0 Å². The van der Waals surface area contributed by atoms with Gasteiger partial charge < -0.3 is 0 Å². The zero-order valence-electron chi connectivity index (χ0n) is 24.8. The molecule has 10 aromatic rings. The molecule has 0 unspecified atom stereocenters. The maximum absolute atomic E-state index is 2.47. The molecule has 0 fully saturated rings. The highest BCUT2D eigenvalue weighted by molar-refractivity contribution is 7.26. The summed E-state index contributed by atoms with van der Waals surface area (Å²) in [4.78, 5) is 0. The van der Waals surface area contributed by atoms with Crippen molar-refractivity contribution < 1.29 is 0 Å². The number of hydrogen-bond donors (Lipinski definition) is 0. The molecule has 0 radical (unpaired) electrons. The Morgan fingerprint density at radius 2 is 0.696 bits per heavy atom. The molecule has 0 spiro atoms. The van der Waals surface area contributed by atoms with E-state index in [0.29, 0.717) is 0 Å². The summed E-state index contributed by atoms with van der Waals surface area (Å²) in [5.41, 5.74) is 7.70. The van der Waals surface area contributed by atoms with Crippen molar-refractivity contribution in [1.29, 1.82) is 0 Å². The molecule has 2 heteroatoms. The van der Waals surface area contributed by atoms with Crippen LogP contribution in [0, 0.1) is 0 Å². The summed E-state index contributed by atoms with van der Waals surface area (Å²) in [6.45, 7) is 0. The largest absolute Gasteiger partial charge is 0.135 e. The first-order valence-corrected chi connectivity index (χ1v) is 17.3. The average Bonchev–Trinajstić information content (AvgIpc) is 3.69. The third kappa shape index (κ3) is 3.78. The van der Waals surface area contributed by atoms with Gasteiger partial charge in [-0.2, -0.15) is 0 Å². The van der Waals surface area contributed by atoms with Crippen molar-refractivity contribution >= 4 is 84.6 Å². The summed E-state index contributed by atoms with van der Waals surface area (Å²) in [5, 5.41) is 10.5. The highest BCUT2D eigenvalue weighted by Crippen LogP contribution is 2.47. The van der Waals surface area contributed by atoms with Gasteiger partial charge >= 0.3 is 0 Å². The fourth-order valence-corrected chi connectivity index (χ4v) is 9.93. The molecule has 0 aliphatic carbocycles. The number of fused-ring (bicyclic) bond motifs is 8. The first-order chi connectivity index (χ1) is 22.8. The minimum absolute atomic E-state index is 1.24. The minimum Gasteiger partial charge on any atom is -0.135 e. The number of thiophene rings is 2. The maximum Gasteiger partial charge on any atom is 0.0434 e. The Hall–Kier alpha value is -5.28. The van der Waals surface area contributed by atoms with Gasteiger partial charge in [0.25, 0.3) is 0 Å². The summed E-state index contributed by atoms with van der Waals surface area (Å²) < 4.78 is 5.36. The molecule has 0 atom stereocenters. The van der Waals surface area contributed by atoms with Crippen LogP contribution in [-0.4, -0.2) is 0 Å². The molecule has 0 saturated carbocycles. The molecule has 0 bridgehead atoms. The first kappa shape index (κ1) is 26.0. The normalized spacial score (nSPS) is 11.9. The van der Waals surface area contributed by atoms with Gasteiger partial charge in [0, 0.05) is 51.5 Å². The summed E-state index contributed by atoms with van der Waals surface area (Å²) in [7, 11) is 0. The van der Waals surface area contributed by atoms with Crippen LogP contribution in [0.1, 0.15) is 0 Å². The monoisotopic (exact) mass is 618 g/mol. The lowest BCUT2D eigenvalue weighted by atomic mass is 9.86. The Morgan fingerprint density at radius 1 is 0.283 bits per heavy atom. The summed E-state index contributed by atoms with van der Waals surface area (Å²) >= 11 is 3.80. The van der Waals surface area contributed by atoms with E-state index in [0.717, 1.165) is 0 Å². The second kappa shape index (κ2) is 10.1. The lowest BCUT2D eigenvalue weighted by molar-refractivity contribution is 1.66. The van der Waals surface area contributed by atoms with Crippen LogP contribution in [0.25, 0.3) is 95.3 Å². The van der Waals surface area contributed by atoms with Gasteiger partial charge in [-0.25, -0.2) is 0 Å². The van der Waals surface area contributed by atoms with E-state index >= 15 is 0 Å². The van der Waals surface area contributed by atoms with E-state index in [9.17, 15) is 0 Å². The lowest BCUT2D eigenvalue weighted by Gasteiger charge is -2.18. The molecule has 46 heavy (non-hydrogen) atoms. The van der Waals surface area contributed by atoms with Gasteiger partial charge in [0.15, 0.2) is 0 Å². The molecular formula is C44H26S2. The zero-order chi connectivity index (χ0) is 30.2. The van der Waals surface area contributed by atoms with E-state index in [1.807, 2.05) is 22.7 Å². The Bertz CT molecular complexity index is 2630.